The first-order valence-electron chi connectivity index (χ1n) is 5.14. The van der Waals surface area contributed by atoms with E-state index in [2.05, 4.69) is 0 Å². The minimum Gasteiger partial charge on any atom is -0.481 e. The fourth-order valence-electron chi connectivity index (χ4n) is 1.49. The molecule has 90 valence electrons. The molecule has 0 aromatic rings. The maximum Gasteiger partial charge on any atom is 0.303 e. The van der Waals surface area contributed by atoms with E-state index in [1.165, 1.54) is 0 Å². The van der Waals surface area contributed by atoms with Crippen molar-refractivity contribution in [3.05, 3.63) is 0 Å². The lowest BCUT2D eigenvalue weighted by atomic mass is 9.78. The minimum atomic E-state index is -0.814. The Bertz CT molecular complexity index is 218. The van der Waals surface area contributed by atoms with E-state index in [1.807, 2.05) is 27.7 Å². The fraction of sp³-hybridized carbons (Fsp3) is 0.909. The molecular formula is C11H23NO3. The van der Waals surface area contributed by atoms with Crippen LogP contribution in [-0.2, 0) is 9.53 Å². The molecule has 0 aliphatic carbocycles. The summed E-state index contributed by atoms with van der Waals surface area (Å²) in [5.41, 5.74) is 5.13. The zero-order valence-electron chi connectivity index (χ0n) is 10.3. The Morgan fingerprint density at radius 1 is 1.40 bits per heavy atom. The number of carboxylic acid groups (broad SMARTS) is 1. The number of aliphatic carboxylic acids is 1. The predicted octanol–water partition coefficient (Wildman–Crippen LogP) is 1.63. The molecule has 0 heterocycles. The van der Waals surface area contributed by atoms with Gasteiger partial charge in [-0.3, -0.25) is 4.79 Å². The molecule has 3 N–H and O–H groups in total. The summed E-state index contributed by atoms with van der Waals surface area (Å²) in [7, 11) is 1.63. The molecule has 4 nitrogen and oxygen atoms in total. The summed E-state index contributed by atoms with van der Waals surface area (Å²) in [4.78, 5) is 10.7. The number of methoxy groups -OCH3 is 1. The van der Waals surface area contributed by atoms with Crippen LogP contribution < -0.4 is 5.73 Å². The summed E-state index contributed by atoms with van der Waals surface area (Å²) < 4.78 is 5.30. The quantitative estimate of drug-likeness (QED) is 0.709. The summed E-state index contributed by atoms with van der Waals surface area (Å²) in [6, 6.07) is 0. The largest absolute Gasteiger partial charge is 0.481 e. The molecule has 0 rings (SSSR count). The van der Waals surface area contributed by atoms with Crippen LogP contribution in [0, 0.1) is 5.92 Å². The van der Waals surface area contributed by atoms with Crippen LogP contribution in [0.2, 0.25) is 0 Å². The van der Waals surface area contributed by atoms with Crippen molar-refractivity contribution >= 4 is 5.97 Å². The zero-order valence-corrected chi connectivity index (χ0v) is 10.3. The summed E-state index contributed by atoms with van der Waals surface area (Å²) in [6.45, 7) is 7.58. The van der Waals surface area contributed by atoms with Gasteiger partial charge in [0, 0.05) is 19.1 Å². The average Bonchev–Trinajstić information content (AvgIpc) is 2.00. The third-order valence-corrected chi connectivity index (χ3v) is 2.76. The monoisotopic (exact) mass is 217 g/mol. The third-order valence-electron chi connectivity index (χ3n) is 2.76. The van der Waals surface area contributed by atoms with Crippen LogP contribution in [0.1, 0.15) is 40.5 Å². The van der Waals surface area contributed by atoms with Gasteiger partial charge in [0.15, 0.2) is 0 Å². The van der Waals surface area contributed by atoms with Crippen LogP contribution in [-0.4, -0.2) is 29.3 Å². The highest BCUT2D eigenvalue weighted by Crippen LogP contribution is 2.29. The molecule has 0 amide bonds. The van der Waals surface area contributed by atoms with Crippen molar-refractivity contribution in [1.29, 1.82) is 0 Å². The second-order valence-electron chi connectivity index (χ2n) is 5.28. The van der Waals surface area contributed by atoms with Crippen LogP contribution in [0.5, 0.6) is 0 Å². The first-order valence-corrected chi connectivity index (χ1v) is 5.14. The van der Waals surface area contributed by atoms with Gasteiger partial charge in [-0.15, -0.1) is 0 Å². The van der Waals surface area contributed by atoms with E-state index in [0.29, 0.717) is 6.42 Å². The number of rotatable bonds is 6. The van der Waals surface area contributed by atoms with Gasteiger partial charge in [-0.25, -0.2) is 0 Å². The lowest BCUT2D eigenvalue weighted by Gasteiger charge is -2.35. The molecule has 0 aliphatic heterocycles. The number of hydrogen-bond donors (Lipinski definition) is 2. The van der Waals surface area contributed by atoms with Gasteiger partial charge in [0.25, 0.3) is 0 Å². The van der Waals surface area contributed by atoms with Crippen molar-refractivity contribution in [3.8, 4) is 0 Å². The molecule has 1 atom stereocenters. The molecule has 0 saturated heterocycles. The van der Waals surface area contributed by atoms with Crippen LogP contribution in [0.4, 0.5) is 0 Å². The van der Waals surface area contributed by atoms with Gasteiger partial charge in [0.1, 0.15) is 0 Å². The Balaban J connectivity index is 4.59. The van der Waals surface area contributed by atoms with E-state index in [-0.39, 0.29) is 17.9 Å². The molecule has 0 radical (unpaired) electrons. The summed E-state index contributed by atoms with van der Waals surface area (Å²) in [5.74, 6) is -0.907. The Morgan fingerprint density at radius 2 is 1.87 bits per heavy atom. The van der Waals surface area contributed by atoms with E-state index in [1.54, 1.807) is 7.11 Å². The number of carbonyl (C=O) groups is 1. The van der Waals surface area contributed by atoms with E-state index in [9.17, 15) is 4.79 Å². The molecule has 0 bridgehead atoms. The van der Waals surface area contributed by atoms with Crippen molar-refractivity contribution in [2.75, 3.05) is 7.11 Å². The van der Waals surface area contributed by atoms with E-state index < -0.39 is 11.5 Å². The highest BCUT2D eigenvalue weighted by atomic mass is 16.5. The Morgan fingerprint density at radius 3 is 2.13 bits per heavy atom. The third kappa shape index (κ3) is 5.74. The number of hydrogen-bond acceptors (Lipinski definition) is 3. The normalized spacial score (nSPS) is 15.1. The molecule has 0 fully saturated rings. The average molecular weight is 217 g/mol. The van der Waals surface area contributed by atoms with Crippen LogP contribution in [0.3, 0.4) is 0 Å². The second kappa shape index (κ2) is 4.94. The smallest absolute Gasteiger partial charge is 0.303 e. The Kier molecular flexibility index (Phi) is 4.74. The fourth-order valence-corrected chi connectivity index (χ4v) is 1.49. The lowest BCUT2D eigenvalue weighted by molar-refractivity contribution is -0.139. The highest BCUT2D eigenvalue weighted by Gasteiger charge is 2.33. The molecule has 0 spiro atoms. The van der Waals surface area contributed by atoms with Gasteiger partial charge in [-0.05, 0) is 40.0 Å². The van der Waals surface area contributed by atoms with Gasteiger partial charge in [-0.2, -0.15) is 0 Å². The van der Waals surface area contributed by atoms with E-state index in [4.69, 9.17) is 15.6 Å². The van der Waals surface area contributed by atoms with Crippen molar-refractivity contribution in [2.24, 2.45) is 11.7 Å². The number of carboxylic acids is 1. The van der Waals surface area contributed by atoms with Crippen molar-refractivity contribution in [1.82, 2.24) is 0 Å². The van der Waals surface area contributed by atoms with Gasteiger partial charge in [0.05, 0.1) is 5.60 Å². The second-order valence-corrected chi connectivity index (χ2v) is 5.28. The van der Waals surface area contributed by atoms with Gasteiger partial charge in [-0.1, -0.05) is 0 Å². The topological polar surface area (TPSA) is 72.5 Å². The maximum atomic E-state index is 10.7. The SMILES string of the molecule is COC(C)(C)CC(CC(=O)O)C(C)(C)N. The lowest BCUT2D eigenvalue weighted by Crippen LogP contribution is -2.45. The minimum absolute atomic E-state index is 0.0797. The molecule has 0 aliphatic rings. The van der Waals surface area contributed by atoms with E-state index >= 15 is 0 Å². The van der Waals surface area contributed by atoms with Crippen molar-refractivity contribution < 1.29 is 14.6 Å². The van der Waals surface area contributed by atoms with Crippen LogP contribution in [0.15, 0.2) is 0 Å². The zero-order chi connectivity index (χ0) is 12.3. The molecule has 0 aromatic heterocycles. The van der Waals surface area contributed by atoms with Crippen molar-refractivity contribution in [3.63, 3.8) is 0 Å². The highest BCUT2D eigenvalue weighted by molar-refractivity contribution is 5.67. The summed E-state index contributed by atoms with van der Waals surface area (Å²) >= 11 is 0. The molecule has 0 saturated carbocycles. The first-order chi connectivity index (χ1) is 6.58. The first kappa shape index (κ1) is 14.4. The molecule has 4 heteroatoms. The summed E-state index contributed by atoms with van der Waals surface area (Å²) in [5, 5.41) is 8.82. The predicted molar refractivity (Wildman–Crippen MR) is 59.7 cm³/mol. The van der Waals surface area contributed by atoms with Crippen molar-refractivity contribution in [2.45, 2.75) is 51.7 Å². The Labute approximate surface area is 91.8 Å². The standard InChI is InChI=1S/C11H23NO3/c1-10(2,15-5)7-8(6-9(13)14)11(3,4)12/h8H,6-7,12H2,1-5H3,(H,13,14). The van der Waals surface area contributed by atoms with E-state index in [0.717, 1.165) is 0 Å². The molecular weight excluding hydrogens is 194 g/mol. The molecule has 1 unspecified atom stereocenters. The Hall–Kier alpha value is -0.610. The van der Waals surface area contributed by atoms with Gasteiger partial charge < -0.3 is 15.6 Å². The molecule has 0 aromatic carbocycles. The number of nitrogens with two attached hydrogens (primary N) is 1. The van der Waals surface area contributed by atoms with Gasteiger partial charge in [0.2, 0.25) is 0 Å². The molecule has 15 heavy (non-hydrogen) atoms. The van der Waals surface area contributed by atoms with Crippen LogP contribution in [0.25, 0.3) is 0 Å². The van der Waals surface area contributed by atoms with Crippen LogP contribution >= 0.6 is 0 Å². The maximum absolute atomic E-state index is 10.7. The van der Waals surface area contributed by atoms with Gasteiger partial charge >= 0.3 is 5.97 Å². The number of ether oxygens (including phenoxy) is 1. The summed E-state index contributed by atoms with van der Waals surface area (Å²) in [6.07, 6.45) is 0.718.